The zero-order valence-corrected chi connectivity index (χ0v) is 15.9. The molecule has 0 aliphatic heterocycles. The van der Waals surface area contributed by atoms with Gasteiger partial charge in [0.1, 0.15) is 18.1 Å². The van der Waals surface area contributed by atoms with Crippen molar-refractivity contribution in [2.45, 2.75) is 19.8 Å². The Balaban J connectivity index is 1.36. The van der Waals surface area contributed by atoms with E-state index < -0.39 is 0 Å². The summed E-state index contributed by atoms with van der Waals surface area (Å²) in [5.41, 5.74) is 3.60. The number of hydrogen-bond donors (Lipinski definition) is 1. The maximum atomic E-state index is 5.89. The van der Waals surface area contributed by atoms with E-state index in [1.807, 2.05) is 48.5 Å². The first-order valence-electron chi connectivity index (χ1n) is 9.50. The molecule has 0 saturated heterocycles. The number of nitrogens with one attached hydrogen (secondary N) is 1. The van der Waals surface area contributed by atoms with Crippen LogP contribution in [0.2, 0.25) is 0 Å². The van der Waals surface area contributed by atoms with E-state index in [9.17, 15) is 0 Å². The summed E-state index contributed by atoms with van der Waals surface area (Å²) in [6.45, 7) is 4.14. The smallest absolute Gasteiger partial charge is 0.121 e. The highest BCUT2D eigenvalue weighted by Gasteiger charge is 1.99. The van der Waals surface area contributed by atoms with Crippen LogP contribution in [-0.2, 0) is 6.42 Å². The summed E-state index contributed by atoms with van der Waals surface area (Å²) in [6, 6.07) is 26.7. The maximum Gasteiger partial charge on any atom is 0.121 e. The second-order valence-electron chi connectivity index (χ2n) is 6.56. The predicted molar refractivity (Wildman–Crippen MR) is 112 cm³/mol. The van der Waals surface area contributed by atoms with Crippen molar-refractivity contribution in [3.8, 4) is 11.5 Å². The van der Waals surface area contributed by atoms with Crippen molar-refractivity contribution < 1.29 is 9.47 Å². The van der Waals surface area contributed by atoms with Crippen LogP contribution in [0.3, 0.4) is 0 Å². The molecular weight excluding hydrogens is 334 g/mol. The lowest BCUT2D eigenvalue weighted by atomic mass is 10.1. The summed E-state index contributed by atoms with van der Waals surface area (Å²) >= 11 is 0. The second kappa shape index (κ2) is 10.3. The van der Waals surface area contributed by atoms with Crippen molar-refractivity contribution in [2.24, 2.45) is 0 Å². The summed E-state index contributed by atoms with van der Waals surface area (Å²) in [5, 5.41) is 3.38. The molecule has 0 bridgehead atoms. The first kappa shape index (κ1) is 18.8. The Morgan fingerprint density at radius 3 is 2.30 bits per heavy atom. The van der Waals surface area contributed by atoms with Crippen LogP contribution in [0.25, 0.3) is 0 Å². The summed E-state index contributed by atoms with van der Waals surface area (Å²) in [5.74, 6) is 1.81. The van der Waals surface area contributed by atoms with Gasteiger partial charge in [-0.05, 0) is 55.2 Å². The van der Waals surface area contributed by atoms with Crippen LogP contribution >= 0.6 is 0 Å². The van der Waals surface area contributed by atoms with Gasteiger partial charge in [-0.15, -0.1) is 0 Å². The standard InChI is InChI=1S/C24H27NO2/c1-20-8-5-13-23(18-20)27-17-15-25-22-12-6-14-24(19-22)26-16-7-11-21-9-3-2-4-10-21/h2-6,8-10,12-14,18-19,25H,7,11,15-17H2,1H3. The Morgan fingerprint density at radius 1 is 0.741 bits per heavy atom. The van der Waals surface area contributed by atoms with Crippen LogP contribution in [0.15, 0.2) is 78.9 Å². The number of rotatable bonds is 10. The minimum absolute atomic E-state index is 0.617. The molecule has 3 heteroatoms. The Hall–Kier alpha value is -2.94. The molecule has 3 aromatic rings. The fourth-order valence-electron chi connectivity index (χ4n) is 2.88. The zero-order chi connectivity index (χ0) is 18.7. The number of ether oxygens (including phenoxy) is 2. The van der Waals surface area contributed by atoms with Crippen LogP contribution in [-0.4, -0.2) is 19.8 Å². The molecule has 1 N–H and O–H groups in total. The third-order valence-corrected chi connectivity index (χ3v) is 4.24. The summed E-state index contributed by atoms with van der Waals surface area (Å²) < 4.78 is 11.7. The molecule has 0 aliphatic rings. The molecule has 0 saturated carbocycles. The van der Waals surface area contributed by atoms with E-state index in [0.717, 1.165) is 43.2 Å². The van der Waals surface area contributed by atoms with Crippen molar-refractivity contribution in [3.63, 3.8) is 0 Å². The molecule has 140 valence electrons. The average molecular weight is 361 g/mol. The monoisotopic (exact) mass is 361 g/mol. The second-order valence-corrected chi connectivity index (χ2v) is 6.56. The third kappa shape index (κ3) is 6.70. The lowest BCUT2D eigenvalue weighted by molar-refractivity contribution is 0.311. The molecule has 0 unspecified atom stereocenters. The van der Waals surface area contributed by atoms with Gasteiger partial charge in [0.2, 0.25) is 0 Å². The van der Waals surface area contributed by atoms with Crippen molar-refractivity contribution in [2.75, 3.05) is 25.1 Å². The van der Waals surface area contributed by atoms with Gasteiger partial charge in [0, 0.05) is 18.3 Å². The molecule has 3 aromatic carbocycles. The lowest BCUT2D eigenvalue weighted by Gasteiger charge is -2.11. The molecular formula is C24H27NO2. The van der Waals surface area contributed by atoms with Crippen LogP contribution in [0.5, 0.6) is 11.5 Å². The molecule has 0 heterocycles. The molecule has 0 fully saturated rings. The highest BCUT2D eigenvalue weighted by Crippen LogP contribution is 2.18. The maximum absolute atomic E-state index is 5.89. The van der Waals surface area contributed by atoms with Gasteiger partial charge in [-0.25, -0.2) is 0 Å². The van der Waals surface area contributed by atoms with E-state index in [0.29, 0.717) is 6.61 Å². The van der Waals surface area contributed by atoms with Gasteiger partial charge >= 0.3 is 0 Å². The predicted octanol–water partition coefficient (Wildman–Crippen LogP) is 5.50. The Labute approximate surface area is 162 Å². The number of hydrogen-bond acceptors (Lipinski definition) is 3. The topological polar surface area (TPSA) is 30.5 Å². The van der Waals surface area contributed by atoms with E-state index in [1.165, 1.54) is 11.1 Å². The molecule has 3 rings (SSSR count). The molecule has 3 nitrogen and oxygen atoms in total. The van der Waals surface area contributed by atoms with Gasteiger partial charge in [-0.2, -0.15) is 0 Å². The lowest BCUT2D eigenvalue weighted by Crippen LogP contribution is -2.11. The Morgan fingerprint density at radius 2 is 1.48 bits per heavy atom. The minimum atomic E-state index is 0.617. The molecule has 0 aliphatic carbocycles. The first-order chi connectivity index (χ1) is 13.3. The summed E-state index contributed by atoms with van der Waals surface area (Å²) in [4.78, 5) is 0. The van der Waals surface area contributed by atoms with Gasteiger partial charge in [-0.3, -0.25) is 0 Å². The molecule has 0 aromatic heterocycles. The van der Waals surface area contributed by atoms with Crippen LogP contribution < -0.4 is 14.8 Å². The highest BCUT2D eigenvalue weighted by molar-refractivity contribution is 5.48. The normalized spacial score (nSPS) is 10.4. The van der Waals surface area contributed by atoms with Crippen molar-refractivity contribution in [1.82, 2.24) is 0 Å². The van der Waals surface area contributed by atoms with Crippen LogP contribution in [0.4, 0.5) is 5.69 Å². The summed E-state index contributed by atoms with van der Waals surface area (Å²) in [7, 11) is 0. The molecule has 0 radical (unpaired) electrons. The van der Waals surface area contributed by atoms with Crippen molar-refractivity contribution >= 4 is 5.69 Å². The fraction of sp³-hybridized carbons (Fsp3) is 0.250. The van der Waals surface area contributed by atoms with Gasteiger partial charge < -0.3 is 14.8 Å². The number of anilines is 1. The Bertz CT molecular complexity index is 817. The quantitative estimate of drug-likeness (QED) is 0.484. The largest absolute Gasteiger partial charge is 0.494 e. The first-order valence-corrected chi connectivity index (χ1v) is 9.50. The highest BCUT2D eigenvalue weighted by atomic mass is 16.5. The number of benzene rings is 3. The van der Waals surface area contributed by atoms with Gasteiger partial charge in [0.25, 0.3) is 0 Å². The van der Waals surface area contributed by atoms with Crippen molar-refractivity contribution in [1.29, 1.82) is 0 Å². The molecule has 0 atom stereocenters. The van der Waals surface area contributed by atoms with Crippen LogP contribution in [0.1, 0.15) is 17.5 Å². The molecule has 27 heavy (non-hydrogen) atoms. The third-order valence-electron chi connectivity index (χ3n) is 4.24. The van der Waals surface area contributed by atoms with E-state index in [-0.39, 0.29) is 0 Å². The Kier molecular flexibility index (Phi) is 7.16. The molecule has 0 amide bonds. The zero-order valence-electron chi connectivity index (χ0n) is 15.9. The van der Waals surface area contributed by atoms with E-state index in [1.54, 1.807) is 0 Å². The summed E-state index contributed by atoms with van der Waals surface area (Å²) in [6.07, 6.45) is 2.04. The van der Waals surface area contributed by atoms with Gasteiger partial charge in [0.05, 0.1) is 6.61 Å². The van der Waals surface area contributed by atoms with Gasteiger partial charge in [-0.1, -0.05) is 48.5 Å². The minimum Gasteiger partial charge on any atom is -0.494 e. The number of aryl methyl sites for hydroxylation is 2. The van der Waals surface area contributed by atoms with Crippen LogP contribution in [0, 0.1) is 6.92 Å². The van der Waals surface area contributed by atoms with Crippen molar-refractivity contribution in [3.05, 3.63) is 90.0 Å². The SMILES string of the molecule is Cc1cccc(OCCNc2cccc(OCCCc3ccccc3)c2)c1. The van der Waals surface area contributed by atoms with E-state index in [2.05, 4.69) is 42.6 Å². The van der Waals surface area contributed by atoms with Gasteiger partial charge in [0.15, 0.2) is 0 Å². The average Bonchev–Trinajstić information content (AvgIpc) is 2.70. The molecule has 0 spiro atoms. The van der Waals surface area contributed by atoms with E-state index in [4.69, 9.17) is 9.47 Å². The fourth-order valence-corrected chi connectivity index (χ4v) is 2.88. The van der Waals surface area contributed by atoms with E-state index >= 15 is 0 Å².